The third kappa shape index (κ3) is 4.71. The average Bonchev–Trinajstić information content (AvgIpc) is 2.38. The summed E-state index contributed by atoms with van der Waals surface area (Å²) in [6, 6.07) is 3.36. The lowest BCUT2D eigenvalue weighted by Gasteiger charge is -2.26. The summed E-state index contributed by atoms with van der Waals surface area (Å²) in [4.78, 5) is 15.9. The second-order valence-corrected chi connectivity index (χ2v) is 5.31. The minimum atomic E-state index is -0.103. The van der Waals surface area contributed by atoms with Crippen molar-refractivity contribution in [2.75, 3.05) is 12.3 Å². The van der Waals surface area contributed by atoms with Gasteiger partial charge in [-0.3, -0.25) is 4.79 Å². The third-order valence-corrected chi connectivity index (χ3v) is 3.71. The number of nitrogens with two attached hydrogens (primary N) is 1. The van der Waals surface area contributed by atoms with Gasteiger partial charge in [0.25, 0.3) is 5.91 Å². The Kier molecular flexibility index (Phi) is 6.09. The van der Waals surface area contributed by atoms with Crippen molar-refractivity contribution in [2.45, 2.75) is 32.6 Å². The van der Waals surface area contributed by atoms with Crippen molar-refractivity contribution in [1.29, 1.82) is 0 Å². The van der Waals surface area contributed by atoms with Crippen LogP contribution in [0.3, 0.4) is 0 Å². The highest BCUT2D eigenvalue weighted by Crippen LogP contribution is 2.27. The molecule has 1 aliphatic carbocycles. The number of nitrogens with zero attached hydrogens (tertiary/aromatic N) is 1. The van der Waals surface area contributed by atoms with E-state index in [0.29, 0.717) is 17.3 Å². The van der Waals surface area contributed by atoms with Crippen LogP contribution in [0.25, 0.3) is 0 Å². The molecule has 0 saturated heterocycles. The molecule has 4 nitrogen and oxygen atoms in total. The van der Waals surface area contributed by atoms with Crippen molar-refractivity contribution in [3.63, 3.8) is 0 Å². The van der Waals surface area contributed by atoms with E-state index < -0.39 is 0 Å². The lowest BCUT2D eigenvalue weighted by atomic mass is 9.83. The topological polar surface area (TPSA) is 68.0 Å². The van der Waals surface area contributed by atoms with E-state index in [1.54, 1.807) is 12.1 Å². The van der Waals surface area contributed by atoms with Crippen molar-refractivity contribution in [3.8, 4) is 0 Å². The quantitative estimate of drug-likeness (QED) is 0.896. The maximum Gasteiger partial charge on any atom is 0.269 e. The van der Waals surface area contributed by atoms with Crippen LogP contribution in [-0.4, -0.2) is 17.4 Å². The summed E-state index contributed by atoms with van der Waals surface area (Å²) >= 11 is 0. The average molecular weight is 284 g/mol. The summed E-state index contributed by atoms with van der Waals surface area (Å²) in [5.41, 5.74) is 6.55. The van der Waals surface area contributed by atoms with E-state index in [1.807, 2.05) is 0 Å². The Bertz CT molecular complexity index is 400. The molecule has 106 valence electrons. The van der Waals surface area contributed by atoms with Gasteiger partial charge in [-0.2, -0.15) is 0 Å². The van der Waals surface area contributed by atoms with Crippen LogP contribution in [0, 0.1) is 11.8 Å². The number of hydrogen-bond acceptors (Lipinski definition) is 3. The minimum Gasteiger partial charge on any atom is -0.397 e. The van der Waals surface area contributed by atoms with Gasteiger partial charge in [-0.05, 0) is 36.8 Å². The number of carbonyl (C=O) groups excluding carboxylic acids is 1. The largest absolute Gasteiger partial charge is 0.397 e. The molecule has 1 fully saturated rings. The number of anilines is 1. The zero-order chi connectivity index (χ0) is 13.0. The predicted octanol–water partition coefficient (Wildman–Crippen LogP) is 2.64. The highest BCUT2D eigenvalue weighted by Gasteiger charge is 2.19. The molecule has 0 bridgehead atoms. The lowest BCUT2D eigenvalue weighted by Crippen LogP contribution is -2.31. The molecule has 3 N–H and O–H groups in total. The summed E-state index contributed by atoms with van der Waals surface area (Å²) in [6.07, 6.45) is 6.51. The van der Waals surface area contributed by atoms with Gasteiger partial charge in [0.15, 0.2) is 0 Å². The smallest absolute Gasteiger partial charge is 0.269 e. The molecule has 1 amide bonds. The minimum absolute atomic E-state index is 0. The summed E-state index contributed by atoms with van der Waals surface area (Å²) in [6.45, 7) is 3.06. The fourth-order valence-electron chi connectivity index (χ4n) is 2.40. The van der Waals surface area contributed by atoms with Gasteiger partial charge in [-0.1, -0.05) is 19.8 Å². The SMILES string of the molecule is CC1CCC(CNC(=O)c2ccc(N)cn2)CC1.Cl. The van der Waals surface area contributed by atoms with Crippen molar-refractivity contribution < 1.29 is 4.79 Å². The molecule has 0 aliphatic heterocycles. The Morgan fingerprint density at radius 2 is 2.05 bits per heavy atom. The normalized spacial score (nSPS) is 22.4. The Hall–Kier alpha value is -1.29. The Labute approximate surface area is 120 Å². The molecule has 0 aromatic carbocycles. The van der Waals surface area contributed by atoms with Gasteiger partial charge in [-0.15, -0.1) is 12.4 Å². The second-order valence-electron chi connectivity index (χ2n) is 5.31. The first-order chi connectivity index (χ1) is 8.65. The van der Waals surface area contributed by atoms with E-state index in [2.05, 4.69) is 17.2 Å². The van der Waals surface area contributed by atoms with Crippen LogP contribution in [0.5, 0.6) is 0 Å². The molecule has 1 heterocycles. The number of halogens is 1. The first-order valence-corrected chi connectivity index (χ1v) is 6.65. The van der Waals surface area contributed by atoms with E-state index in [0.717, 1.165) is 12.5 Å². The monoisotopic (exact) mass is 283 g/mol. The molecule has 19 heavy (non-hydrogen) atoms. The van der Waals surface area contributed by atoms with Gasteiger partial charge in [0, 0.05) is 6.54 Å². The number of rotatable bonds is 3. The highest BCUT2D eigenvalue weighted by molar-refractivity contribution is 5.92. The molecule has 0 atom stereocenters. The van der Waals surface area contributed by atoms with Crippen LogP contribution in [0.4, 0.5) is 5.69 Å². The second kappa shape index (κ2) is 7.34. The molecule has 0 radical (unpaired) electrons. The first kappa shape index (κ1) is 15.8. The molecule has 1 aliphatic rings. The summed E-state index contributed by atoms with van der Waals surface area (Å²) in [7, 11) is 0. The number of aromatic nitrogens is 1. The van der Waals surface area contributed by atoms with Gasteiger partial charge >= 0.3 is 0 Å². The van der Waals surface area contributed by atoms with Crippen LogP contribution < -0.4 is 11.1 Å². The number of nitrogens with one attached hydrogen (secondary N) is 1. The lowest BCUT2D eigenvalue weighted by molar-refractivity contribution is 0.0937. The fraction of sp³-hybridized carbons (Fsp3) is 0.571. The maximum atomic E-state index is 11.8. The van der Waals surface area contributed by atoms with Crippen LogP contribution in [0.1, 0.15) is 43.1 Å². The Morgan fingerprint density at radius 1 is 1.37 bits per heavy atom. The summed E-state index contributed by atoms with van der Waals surface area (Å²) in [5.74, 6) is 1.36. The maximum absolute atomic E-state index is 11.8. The number of nitrogen functional groups attached to an aromatic ring is 1. The molecular weight excluding hydrogens is 262 g/mol. The molecular formula is C14H22ClN3O. The van der Waals surface area contributed by atoms with Gasteiger partial charge < -0.3 is 11.1 Å². The molecule has 1 saturated carbocycles. The van der Waals surface area contributed by atoms with Crippen LogP contribution in [0.15, 0.2) is 18.3 Å². The summed E-state index contributed by atoms with van der Waals surface area (Å²) < 4.78 is 0. The van der Waals surface area contributed by atoms with Crippen LogP contribution in [0.2, 0.25) is 0 Å². The van der Waals surface area contributed by atoms with E-state index >= 15 is 0 Å². The molecule has 0 spiro atoms. The van der Waals surface area contributed by atoms with Gasteiger partial charge in [0.1, 0.15) is 5.69 Å². The number of amides is 1. The number of pyridine rings is 1. The third-order valence-electron chi connectivity index (χ3n) is 3.71. The molecule has 5 heteroatoms. The zero-order valence-electron chi connectivity index (χ0n) is 11.3. The van der Waals surface area contributed by atoms with Gasteiger partial charge in [0.05, 0.1) is 11.9 Å². The number of carbonyl (C=O) groups is 1. The van der Waals surface area contributed by atoms with Crippen molar-refractivity contribution in [3.05, 3.63) is 24.0 Å². The number of hydrogen-bond donors (Lipinski definition) is 2. The molecule has 0 unspecified atom stereocenters. The molecule has 1 aromatic rings. The Balaban J connectivity index is 0.00000180. The fourth-order valence-corrected chi connectivity index (χ4v) is 2.40. The van der Waals surface area contributed by atoms with Crippen LogP contribution in [-0.2, 0) is 0 Å². The predicted molar refractivity (Wildman–Crippen MR) is 79.4 cm³/mol. The molecule has 2 rings (SSSR count). The summed E-state index contributed by atoms with van der Waals surface area (Å²) in [5, 5.41) is 2.96. The van der Waals surface area contributed by atoms with Crippen molar-refractivity contribution >= 4 is 24.0 Å². The van der Waals surface area contributed by atoms with Gasteiger partial charge in [0.2, 0.25) is 0 Å². The van der Waals surface area contributed by atoms with Crippen molar-refractivity contribution in [1.82, 2.24) is 10.3 Å². The van der Waals surface area contributed by atoms with E-state index in [9.17, 15) is 4.79 Å². The van der Waals surface area contributed by atoms with Gasteiger partial charge in [-0.25, -0.2) is 4.98 Å². The standard InChI is InChI=1S/C14H21N3O.ClH/c1-10-2-4-11(5-3-10)8-17-14(18)13-7-6-12(15)9-16-13;/h6-7,9-11H,2-5,8,15H2,1H3,(H,17,18);1H. The Morgan fingerprint density at radius 3 is 2.63 bits per heavy atom. The first-order valence-electron chi connectivity index (χ1n) is 6.65. The zero-order valence-corrected chi connectivity index (χ0v) is 12.1. The van der Waals surface area contributed by atoms with E-state index in [4.69, 9.17) is 5.73 Å². The van der Waals surface area contributed by atoms with E-state index in [-0.39, 0.29) is 18.3 Å². The molecule has 1 aromatic heterocycles. The van der Waals surface area contributed by atoms with Crippen LogP contribution >= 0.6 is 12.4 Å². The van der Waals surface area contributed by atoms with E-state index in [1.165, 1.54) is 31.9 Å². The highest BCUT2D eigenvalue weighted by atomic mass is 35.5. The van der Waals surface area contributed by atoms with Crippen molar-refractivity contribution in [2.24, 2.45) is 11.8 Å².